The first-order valence-corrected chi connectivity index (χ1v) is 8.58. The number of aromatic nitrogens is 1. The monoisotopic (exact) mass is 368 g/mol. The van der Waals surface area contributed by atoms with Crippen molar-refractivity contribution in [3.05, 3.63) is 65.0 Å². The van der Waals surface area contributed by atoms with E-state index in [1.54, 1.807) is 55.6 Å². The first kappa shape index (κ1) is 17.6. The van der Waals surface area contributed by atoms with E-state index >= 15 is 0 Å². The largest absolute Gasteiger partial charge is 0.497 e. The summed E-state index contributed by atoms with van der Waals surface area (Å²) in [5.74, 6) is 0.0605. The number of thiazole rings is 1. The standard InChI is InChI=1S/C19H16N2O4S/c1-24-15-9-7-13(8-10-15)17(22)21-19-20-16(11-26-19)12-3-5-14(6-4-12)18(23)25-2/h3-11H,1-2H3,(H,20,21,22). The van der Waals surface area contributed by atoms with Crippen LogP contribution >= 0.6 is 11.3 Å². The highest BCUT2D eigenvalue weighted by molar-refractivity contribution is 7.14. The summed E-state index contributed by atoms with van der Waals surface area (Å²) in [4.78, 5) is 28.2. The second-order valence-corrected chi connectivity index (χ2v) is 6.15. The lowest BCUT2D eigenvalue weighted by atomic mass is 10.1. The Morgan fingerprint density at radius 2 is 1.62 bits per heavy atom. The normalized spacial score (nSPS) is 10.2. The minimum Gasteiger partial charge on any atom is -0.497 e. The third-order valence-electron chi connectivity index (χ3n) is 3.68. The van der Waals surface area contributed by atoms with Crippen molar-refractivity contribution in [3.8, 4) is 17.0 Å². The Hall–Kier alpha value is -3.19. The molecule has 0 bridgehead atoms. The van der Waals surface area contributed by atoms with Gasteiger partial charge in [-0.25, -0.2) is 9.78 Å². The van der Waals surface area contributed by atoms with E-state index in [-0.39, 0.29) is 11.9 Å². The van der Waals surface area contributed by atoms with Gasteiger partial charge in [-0.3, -0.25) is 10.1 Å². The van der Waals surface area contributed by atoms with Crippen LogP contribution in [0.4, 0.5) is 5.13 Å². The molecule has 3 aromatic rings. The number of carbonyl (C=O) groups excluding carboxylic acids is 2. The van der Waals surface area contributed by atoms with Crippen molar-refractivity contribution >= 4 is 28.3 Å². The van der Waals surface area contributed by atoms with Gasteiger partial charge in [0.05, 0.1) is 25.5 Å². The van der Waals surface area contributed by atoms with Gasteiger partial charge in [0.25, 0.3) is 5.91 Å². The highest BCUT2D eigenvalue weighted by Crippen LogP contribution is 2.25. The van der Waals surface area contributed by atoms with Gasteiger partial charge in [0.15, 0.2) is 5.13 Å². The van der Waals surface area contributed by atoms with Crippen molar-refractivity contribution in [2.24, 2.45) is 0 Å². The van der Waals surface area contributed by atoms with Crippen LogP contribution in [-0.4, -0.2) is 31.1 Å². The molecule has 0 radical (unpaired) electrons. The molecule has 0 fully saturated rings. The Balaban J connectivity index is 1.71. The molecule has 0 saturated heterocycles. The second kappa shape index (κ2) is 7.79. The zero-order valence-corrected chi connectivity index (χ0v) is 15.0. The van der Waals surface area contributed by atoms with E-state index in [4.69, 9.17) is 4.74 Å². The minimum absolute atomic E-state index is 0.241. The van der Waals surface area contributed by atoms with Crippen molar-refractivity contribution in [1.82, 2.24) is 4.98 Å². The lowest BCUT2D eigenvalue weighted by Gasteiger charge is -2.03. The van der Waals surface area contributed by atoms with Gasteiger partial charge in [-0.1, -0.05) is 12.1 Å². The molecule has 26 heavy (non-hydrogen) atoms. The van der Waals surface area contributed by atoms with Crippen molar-refractivity contribution in [3.63, 3.8) is 0 Å². The zero-order valence-electron chi connectivity index (χ0n) is 14.2. The maximum Gasteiger partial charge on any atom is 0.337 e. The summed E-state index contributed by atoms with van der Waals surface area (Å²) in [6, 6.07) is 13.8. The number of nitrogens with zero attached hydrogens (tertiary/aromatic N) is 1. The summed E-state index contributed by atoms with van der Waals surface area (Å²) in [6.07, 6.45) is 0. The van der Waals surface area contributed by atoms with Gasteiger partial charge in [-0.15, -0.1) is 11.3 Å². The first-order chi connectivity index (χ1) is 12.6. The van der Waals surface area contributed by atoms with Crippen LogP contribution < -0.4 is 10.1 Å². The Bertz CT molecular complexity index is 917. The topological polar surface area (TPSA) is 77.5 Å². The molecule has 1 heterocycles. The number of hydrogen-bond acceptors (Lipinski definition) is 6. The number of hydrogen-bond donors (Lipinski definition) is 1. The molecule has 1 N–H and O–H groups in total. The van der Waals surface area contributed by atoms with Gasteiger partial charge in [-0.2, -0.15) is 0 Å². The lowest BCUT2D eigenvalue weighted by Crippen LogP contribution is -2.11. The van der Waals surface area contributed by atoms with E-state index in [1.807, 2.05) is 5.38 Å². The molecule has 132 valence electrons. The summed E-state index contributed by atoms with van der Waals surface area (Å²) in [7, 11) is 2.92. The van der Waals surface area contributed by atoms with Crippen LogP contribution in [0.25, 0.3) is 11.3 Å². The van der Waals surface area contributed by atoms with E-state index in [1.165, 1.54) is 18.4 Å². The third-order valence-corrected chi connectivity index (χ3v) is 4.44. The van der Waals surface area contributed by atoms with Crippen LogP contribution in [0.2, 0.25) is 0 Å². The molecule has 0 unspecified atom stereocenters. The molecule has 0 spiro atoms. The molecule has 3 rings (SSSR count). The summed E-state index contributed by atoms with van der Waals surface area (Å²) in [5.41, 5.74) is 2.56. The molecule has 0 aliphatic heterocycles. The van der Waals surface area contributed by atoms with Crippen LogP contribution in [0.1, 0.15) is 20.7 Å². The number of amides is 1. The van der Waals surface area contributed by atoms with Crippen LogP contribution in [0, 0.1) is 0 Å². The zero-order chi connectivity index (χ0) is 18.5. The minimum atomic E-state index is -0.387. The molecule has 0 atom stereocenters. The fraction of sp³-hybridized carbons (Fsp3) is 0.105. The first-order valence-electron chi connectivity index (χ1n) is 7.70. The van der Waals surface area contributed by atoms with E-state index in [9.17, 15) is 9.59 Å². The van der Waals surface area contributed by atoms with Gasteiger partial charge in [0, 0.05) is 16.5 Å². The fourth-order valence-electron chi connectivity index (χ4n) is 2.27. The molecule has 1 aromatic heterocycles. The Morgan fingerprint density at radius 1 is 0.962 bits per heavy atom. The predicted octanol–water partition coefficient (Wildman–Crippen LogP) is 3.86. The number of esters is 1. The quantitative estimate of drug-likeness (QED) is 0.692. The SMILES string of the molecule is COC(=O)c1ccc(-c2csc(NC(=O)c3ccc(OC)cc3)n2)cc1. The Morgan fingerprint density at radius 3 is 2.23 bits per heavy atom. The van der Waals surface area contributed by atoms with E-state index in [2.05, 4.69) is 15.0 Å². The van der Waals surface area contributed by atoms with Gasteiger partial charge >= 0.3 is 5.97 Å². The van der Waals surface area contributed by atoms with Crippen molar-refractivity contribution < 1.29 is 19.1 Å². The summed E-state index contributed by atoms with van der Waals surface area (Å²) < 4.78 is 9.76. The molecular formula is C19H16N2O4S. The number of ether oxygens (including phenoxy) is 2. The number of methoxy groups -OCH3 is 2. The van der Waals surface area contributed by atoms with E-state index < -0.39 is 0 Å². The number of benzene rings is 2. The average Bonchev–Trinajstić information content (AvgIpc) is 3.16. The van der Waals surface area contributed by atoms with Crippen LogP contribution in [0.5, 0.6) is 5.75 Å². The maximum atomic E-state index is 12.3. The average molecular weight is 368 g/mol. The Kier molecular flexibility index (Phi) is 5.28. The summed E-state index contributed by atoms with van der Waals surface area (Å²) in [5, 5.41) is 5.12. The molecule has 0 aliphatic rings. The highest BCUT2D eigenvalue weighted by Gasteiger charge is 2.11. The smallest absolute Gasteiger partial charge is 0.337 e. The molecule has 0 saturated carbocycles. The predicted molar refractivity (Wildman–Crippen MR) is 99.8 cm³/mol. The number of anilines is 1. The molecule has 0 aliphatic carbocycles. The molecule has 7 heteroatoms. The molecule has 2 aromatic carbocycles. The summed E-state index contributed by atoms with van der Waals surface area (Å²) >= 11 is 1.33. The lowest BCUT2D eigenvalue weighted by molar-refractivity contribution is 0.0600. The van der Waals surface area contributed by atoms with Crippen molar-refractivity contribution in [2.75, 3.05) is 19.5 Å². The van der Waals surface area contributed by atoms with Crippen LogP contribution in [0.3, 0.4) is 0 Å². The van der Waals surface area contributed by atoms with E-state index in [0.717, 1.165) is 11.3 Å². The maximum absolute atomic E-state index is 12.3. The second-order valence-electron chi connectivity index (χ2n) is 5.29. The van der Waals surface area contributed by atoms with Gasteiger partial charge < -0.3 is 9.47 Å². The third kappa shape index (κ3) is 3.89. The van der Waals surface area contributed by atoms with Gasteiger partial charge in [-0.05, 0) is 36.4 Å². The Labute approximate surface area is 154 Å². The summed E-state index contributed by atoms with van der Waals surface area (Å²) in [6.45, 7) is 0. The molecule has 6 nitrogen and oxygen atoms in total. The highest BCUT2D eigenvalue weighted by atomic mass is 32.1. The number of rotatable bonds is 5. The van der Waals surface area contributed by atoms with Crippen molar-refractivity contribution in [2.45, 2.75) is 0 Å². The van der Waals surface area contributed by atoms with Crippen molar-refractivity contribution in [1.29, 1.82) is 0 Å². The molecular weight excluding hydrogens is 352 g/mol. The van der Waals surface area contributed by atoms with E-state index in [0.29, 0.717) is 22.0 Å². The molecule has 1 amide bonds. The van der Waals surface area contributed by atoms with Crippen LogP contribution in [0.15, 0.2) is 53.9 Å². The number of carbonyl (C=O) groups is 2. The fourth-order valence-corrected chi connectivity index (χ4v) is 2.99. The van der Waals surface area contributed by atoms with Gasteiger partial charge in [0.2, 0.25) is 0 Å². The van der Waals surface area contributed by atoms with Gasteiger partial charge in [0.1, 0.15) is 5.75 Å². The van der Waals surface area contributed by atoms with Crippen LogP contribution in [-0.2, 0) is 4.74 Å². The number of nitrogens with one attached hydrogen (secondary N) is 1.